The minimum atomic E-state index is -0.933. The molecule has 0 unspecified atom stereocenters. The lowest BCUT2D eigenvalue weighted by molar-refractivity contribution is -0.107. The Kier molecular flexibility index (Phi) is 6.04. The molecule has 0 fully saturated rings. The molecule has 0 saturated carbocycles. The van der Waals surface area contributed by atoms with E-state index < -0.39 is 34.1 Å². The SMILES string of the molecule is CC(C)(C)n1c(O)c(C(=O)NCC=O)c(=O)n(Cc2ccccc2Br)c1=O. The molecular formula is C18H20BrN3O5. The number of aromatic nitrogens is 2. The topological polar surface area (TPSA) is 110 Å². The molecule has 1 aromatic carbocycles. The summed E-state index contributed by atoms with van der Waals surface area (Å²) in [6.45, 7) is 4.57. The Hall–Kier alpha value is -2.68. The Morgan fingerprint density at radius 2 is 1.89 bits per heavy atom. The molecule has 1 amide bonds. The molecule has 144 valence electrons. The number of amides is 1. The van der Waals surface area contributed by atoms with Gasteiger partial charge >= 0.3 is 5.69 Å². The summed E-state index contributed by atoms with van der Waals surface area (Å²) in [5, 5.41) is 12.7. The van der Waals surface area contributed by atoms with Crippen molar-refractivity contribution in [2.75, 3.05) is 6.54 Å². The molecule has 0 aliphatic heterocycles. The lowest BCUT2D eigenvalue weighted by Crippen LogP contribution is -2.48. The van der Waals surface area contributed by atoms with Crippen molar-refractivity contribution < 1.29 is 14.7 Å². The first-order valence-electron chi connectivity index (χ1n) is 8.14. The summed E-state index contributed by atoms with van der Waals surface area (Å²) in [5.41, 5.74) is -2.50. The maximum absolute atomic E-state index is 12.9. The number of carbonyl (C=O) groups is 2. The second kappa shape index (κ2) is 7.91. The normalized spacial score (nSPS) is 11.3. The van der Waals surface area contributed by atoms with Gasteiger partial charge in [0.1, 0.15) is 6.29 Å². The molecule has 0 atom stereocenters. The largest absolute Gasteiger partial charge is 0.494 e. The van der Waals surface area contributed by atoms with Crippen molar-refractivity contribution in [3.63, 3.8) is 0 Å². The number of halogens is 1. The van der Waals surface area contributed by atoms with E-state index in [0.717, 1.165) is 9.13 Å². The molecule has 1 aromatic heterocycles. The lowest BCUT2D eigenvalue weighted by Gasteiger charge is -2.25. The van der Waals surface area contributed by atoms with Crippen molar-refractivity contribution in [2.45, 2.75) is 32.9 Å². The zero-order valence-corrected chi connectivity index (χ0v) is 16.7. The van der Waals surface area contributed by atoms with Crippen LogP contribution in [-0.4, -0.2) is 33.0 Å². The van der Waals surface area contributed by atoms with Gasteiger partial charge in [-0.2, -0.15) is 0 Å². The van der Waals surface area contributed by atoms with Crippen LogP contribution in [0.4, 0.5) is 0 Å². The molecule has 0 bridgehead atoms. The van der Waals surface area contributed by atoms with E-state index >= 15 is 0 Å². The molecule has 2 rings (SSSR count). The number of benzene rings is 1. The van der Waals surface area contributed by atoms with Crippen molar-refractivity contribution in [1.29, 1.82) is 0 Å². The van der Waals surface area contributed by atoms with Gasteiger partial charge in [-0.25, -0.2) is 4.79 Å². The Morgan fingerprint density at radius 1 is 1.26 bits per heavy atom. The first-order chi connectivity index (χ1) is 12.6. The molecule has 0 saturated heterocycles. The maximum Gasteiger partial charge on any atom is 0.334 e. The van der Waals surface area contributed by atoms with Crippen LogP contribution in [0.3, 0.4) is 0 Å². The number of hydrogen-bond acceptors (Lipinski definition) is 5. The van der Waals surface area contributed by atoms with Gasteiger partial charge in [-0.3, -0.25) is 18.7 Å². The van der Waals surface area contributed by atoms with Gasteiger partial charge in [0, 0.05) is 10.0 Å². The van der Waals surface area contributed by atoms with Crippen LogP contribution in [0.25, 0.3) is 0 Å². The molecule has 8 nitrogen and oxygen atoms in total. The summed E-state index contributed by atoms with van der Waals surface area (Å²) < 4.78 is 2.57. The zero-order chi connectivity index (χ0) is 20.4. The summed E-state index contributed by atoms with van der Waals surface area (Å²) in [6.07, 6.45) is 0.453. The van der Waals surface area contributed by atoms with Crippen LogP contribution in [0.1, 0.15) is 36.7 Å². The fourth-order valence-electron chi connectivity index (χ4n) is 2.60. The predicted molar refractivity (Wildman–Crippen MR) is 103 cm³/mol. The van der Waals surface area contributed by atoms with E-state index in [0.29, 0.717) is 16.3 Å². The van der Waals surface area contributed by atoms with Crippen molar-refractivity contribution in [3.8, 4) is 5.88 Å². The van der Waals surface area contributed by atoms with E-state index in [1.54, 1.807) is 45.0 Å². The quantitative estimate of drug-likeness (QED) is 0.682. The van der Waals surface area contributed by atoms with E-state index in [-0.39, 0.29) is 13.1 Å². The third-order valence-corrected chi connectivity index (χ3v) is 4.62. The van der Waals surface area contributed by atoms with Crippen LogP contribution in [0.2, 0.25) is 0 Å². The van der Waals surface area contributed by atoms with E-state index in [2.05, 4.69) is 21.2 Å². The first kappa shape index (κ1) is 20.6. The average molecular weight is 438 g/mol. The second-order valence-corrected chi connectivity index (χ2v) is 7.70. The standard InChI is InChI=1S/C18H20BrN3O5/c1-18(2,3)22-16(26)13(14(24)20-8-9-23)15(25)21(17(22)27)10-11-6-4-5-7-12(11)19/h4-7,9,26H,8,10H2,1-3H3,(H,20,24). The Bertz CT molecular complexity index is 1000. The van der Waals surface area contributed by atoms with Crippen molar-refractivity contribution in [1.82, 2.24) is 14.5 Å². The first-order valence-corrected chi connectivity index (χ1v) is 8.93. The monoisotopic (exact) mass is 437 g/mol. The summed E-state index contributed by atoms with van der Waals surface area (Å²) in [5.74, 6) is -1.66. The number of nitrogens with one attached hydrogen (secondary N) is 1. The van der Waals surface area contributed by atoms with Gasteiger partial charge < -0.3 is 15.2 Å². The summed E-state index contributed by atoms with van der Waals surface area (Å²) in [4.78, 5) is 48.6. The van der Waals surface area contributed by atoms with E-state index in [9.17, 15) is 24.3 Å². The van der Waals surface area contributed by atoms with Crippen LogP contribution >= 0.6 is 15.9 Å². The van der Waals surface area contributed by atoms with Crippen molar-refractivity contribution >= 4 is 28.1 Å². The van der Waals surface area contributed by atoms with Crippen LogP contribution in [-0.2, 0) is 16.9 Å². The smallest absolute Gasteiger partial charge is 0.334 e. The Labute approximate surface area is 163 Å². The molecule has 0 aliphatic carbocycles. The molecule has 0 radical (unpaired) electrons. The van der Waals surface area contributed by atoms with Gasteiger partial charge in [0.2, 0.25) is 5.88 Å². The van der Waals surface area contributed by atoms with Gasteiger partial charge in [-0.1, -0.05) is 34.1 Å². The fourth-order valence-corrected chi connectivity index (χ4v) is 3.01. The molecule has 9 heteroatoms. The van der Waals surface area contributed by atoms with Gasteiger partial charge in [-0.15, -0.1) is 0 Å². The number of carbonyl (C=O) groups excluding carboxylic acids is 2. The summed E-state index contributed by atoms with van der Waals surface area (Å²) in [6, 6.07) is 7.04. The number of rotatable bonds is 5. The minimum absolute atomic E-state index is 0.0938. The van der Waals surface area contributed by atoms with Gasteiger partial charge in [-0.05, 0) is 32.4 Å². The van der Waals surface area contributed by atoms with Crippen molar-refractivity contribution in [3.05, 3.63) is 60.7 Å². The highest BCUT2D eigenvalue weighted by Gasteiger charge is 2.29. The lowest BCUT2D eigenvalue weighted by atomic mass is 10.1. The molecule has 2 aromatic rings. The molecule has 0 aliphatic rings. The maximum atomic E-state index is 12.9. The number of hydrogen-bond donors (Lipinski definition) is 2. The zero-order valence-electron chi connectivity index (χ0n) is 15.2. The van der Waals surface area contributed by atoms with Gasteiger partial charge in [0.15, 0.2) is 5.56 Å². The molecule has 2 N–H and O–H groups in total. The van der Waals surface area contributed by atoms with Gasteiger partial charge in [0.25, 0.3) is 11.5 Å². The van der Waals surface area contributed by atoms with E-state index in [1.807, 2.05) is 0 Å². The highest BCUT2D eigenvalue weighted by molar-refractivity contribution is 9.10. The Balaban J connectivity index is 2.78. The highest BCUT2D eigenvalue weighted by atomic mass is 79.9. The third-order valence-electron chi connectivity index (χ3n) is 3.85. The van der Waals surface area contributed by atoms with Crippen LogP contribution in [0.15, 0.2) is 38.3 Å². The Morgan fingerprint density at radius 3 is 2.44 bits per heavy atom. The summed E-state index contributed by atoms with van der Waals surface area (Å²) >= 11 is 3.37. The van der Waals surface area contributed by atoms with E-state index in [4.69, 9.17) is 0 Å². The minimum Gasteiger partial charge on any atom is -0.494 e. The van der Waals surface area contributed by atoms with Gasteiger partial charge in [0.05, 0.1) is 13.1 Å². The number of nitrogens with zero attached hydrogens (tertiary/aromatic N) is 2. The summed E-state index contributed by atoms with van der Waals surface area (Å²) in [7, 11) is 0. The predicted octanol–water partition coefficient (Wildman–Crippen LogP) is 1.21. The second-order valence-electron chi connectivity index (χ2n) is 6.85. The van der Waals surface area contributed by atoms with E-state index in [1.165, 1.54) is 0 Å². The molecule has 1 heterocycles. The number of aldehydes is 1. The number of aromatic hydroxyl groups is 1. The third kappa shape index (κ3) is 4.19. The van der Waals surface area contributed by atoms with Crippen LogP contribution in [0, 0.1) is 0 Å². The average Bonchev–Trinajstić information content (AvgIpc) is 2.57. The fraction of sp³-hybridized carbons (Fsp3) is 0.333. The van der Waals surface area contributed by atoms with Crippen molar-refractivity contribution in [2.24, 2.45) is 0 Å². The molecule has 27 heavy (non-hydrogen) atoms. The molecule has 0 spiro atoms. The van der Waals surface area contributed by atoms with Crippen LogP contribution in [0.5, 0.6) is 5.88 Å². The van der Waals surface area contributed by atoms with Crippen LogP contribution < -0.4 is 16.6 Å². The molecular weight excluding hydrogens is 418 g/mol. The highest BCUT2D eigenvalue weighted by Crippen LogP contribution is 2.21.